The molecule has 0 spiro atoms. The average Bonchev–Trinajstić information content (AvgIpc) is 2.63. The minimum atomic E-state index is -0.388. The van der Waals surface area contributed by atoms with Crippen molar-refractivity contribution in [3.05, 3.63) is 0 Å². The Balaban J connectivity index is 3.56. The van der Waals surface area contributed by atoms with Crippen LogP contribution in [0.3, 0.4) is 0 Å². The molecular weight excluding hydrogens is 405 g/mol. The third-order valence-corrected chi connectivity index (χ3v) is 5.76. The molecule has 0 aliphatic rings. The van der Waals surface area contributed by atoms with Gasteiger partial charge in [-0.25, -0.2) is 0 Å². The fourth-order valence-corrected chi connectivity index (χ4v) is 2.18. The van der Waals surface area contributed by atoms with Gasteiger partial charge in [0.15, 0.2) is 0 Å². The largest absolute Gasteiger partial charge is 0.379 e. The van der Waals surface area contributed by atoms with Gasteiger partial charge in [-0.3, -0.25) is 4.79 Å². The number of likely N-dealkylation sites (N-methyl/N-ethyl adjacent to an activating group) is 1. The smallest absolute Gasteiger partial charge is 0.224 e. The Morgan fingerprint density at radius 1 is 0.964 bits per heavy atom. The van der Waals surface area contributed by atoms with E-state index in [1.165, 1.54) is 0 Å². The molecule has 0 aromatic carbocycles. The molecule has 0 aromatic rings. The van der Waals surface area contributed by atoms with E-state index in [0.717, 1.165) is 28.1 Å². The minimum Gasteiger partial charge on any atom is -0.379 e. The second kappa shape index (κ2) is 14.8. The number of ether oxygens (including phenoxy) is 3. The van der Waals surface area contributed by atoms with Crippen molar-refractivity contribution in [3.8, 4) is 0 Å². The summed E-state index contributed by atoms with van der Waals surface area (Å²) in [5, 5.41) is 0. The Kier molecular flexibility index (Phi) is 14.7. The summed E-state index contributed by atoms with van der Waals surface area (Å²) in [4.78, 5) is 13.8. The van der Waals surface area contributed by atoms with Gasteiger partial charge < -0.3 is 23.6 Å². The van der Waals surface area contributed by atoms with Crippen LogP contribution in [-0.2, 0) is 19.0 Å². The Labute approximate surface area is 181 Å². The summed E-state index contributed by atoms with van der Waals surface area (Å²) >= 11 is 11.6. The summed E-state index contributed by atoms with van der Waals surface area (Å²) < 4.78 is 18.6. The molecule has 0 N–H and O–H groups in total. The SMILES string of the molecule is CC[N+](C)(C)CCOCCOCCOCCC(=O)N(C)CCC(C)(C)N(Cl)Cl. The molecule has 28 heavy (non-hydrogen) atoms. The van der Waals surface area contributed by atoms with Crippen LogP contribution < -0.4 is 0 Å². The third-order valence-electron chi connectivity index (χ3n) is 4.84. The van der Waals surface area contributed by atoms with Crippen molar-refractivity contribution >= 4 is 29.5 Å². The van der Waals surface area contributed by atoms with E-state index < -0.39 is 0 Å². The zero-order chi connectivity index (χ0) is 21.6. The Morgan fingerprint density at radius 3 is 1.96 bits per heavy atom. The van der Waals surface area contributed by atoms with E-state index in [2.05, 4.69) is 21.0 Å². The van der Waals surface area contributed by atoms with Crippen molar-refractivity contribution in [2.75, 3.05) is 80.4 Å². The molecule has 7 nitrogen and oxygen atoms in total. The lowest BCUT2D eigenvalue weighted by Crippen LogP contribution is -2.42. The van der Waals surface area contributed by atoms with Gasteiger partial charge in [-0.15, -0.1) is 3.94 Å². The third kappa shape index (κ3) is 13.9. The summed E-state index contributed by atoms with van der Waals surface area (Å²) in [6.07, 6.45) is 1.02. The Bertz CT molecular complexity index is 424. The predicted octanol–water partition coefficient (Wildman–Crippen LogP) is 2.76. The zero-order valence-corrected chi connectivity index (χ0v) is 20.0. The van der Waals surface area contributed by atoms with E-state index in [-0.39, 0.29) is 11.4 Å². The molecule has 0 unspecified atom stereocenters. The van der Waals surface area contributed by atoms with Gasteiger partial charge in [0, 0.05) is 19.1 Å². The molecule has 0 bridgehead atoms. The first-order valence-corrected chi connectivity index (χ1v) is 10.6. The first kappa shape index (κ1) is 27.8. The Hall–Kier alpha value is -0.150. The number of carbonyl (C=O) groups excluding carboxylic acids is 1. The summed E-state index contributed by atoms with van der Waals surface area (Å²) in [6.45, 7) is 11.9. The van der Waals surface area contributed by atoms with Crippen molar-refractivity contribution in [3.63, 3.8) is 0 Å². The predicted molar refractivity (Wildman–Crippen MR) is 114 cm³/mol. The fourth-order valence-electron chi connectivity index (χ4n) is 2.01. The molecule has 0 aliphatic heterocycles. The maximum absolute atomic E-state index is 12.1. The van der Waals surface area contributed by atoms with Gasteiger partial charge in [-0.1, -0.05) is 0 Å². The van der Waals surface area contributed by atoms with Gasteiger partial charge in [0.05, 0.1) is 66.7 Å². The molecule has 0 atom stereocenters. The van der Waals surface area contributed by atoms with E-state index in [4.69, 9.17) is 37.8 Å². The van der Waals surface area contributed by atoms with Gasteiger partial charge in [0.25, 0.3) is 0 Å². The van der Waals surface area contributed by atoms with Crippen molar-refractivity contribution in [2.24, 2.45) is 0 Å². The highest BCUT2D eigenvalue weighted by molar-refractivity contribution is 6.34. The topological polar surface area (TPSA) is 51.2 Å². The molecule has 0 aromatic heterocycles. The number of nitrogens with zero attached hydrogens (tertiary/aromatic N) is 3. The zero-order valence-electron chi connectivity index (χ0n) is 18.5. The molecule has 0 saturated heterocycles. The van der Waals surface area contributed by atoms with E-state index in [1.54, 1.807) is 11.9 Å². The van der Waals surface area contributed by atoms with Gasteiger partial charge in [-0.05, 0) is 50.7 Å². The maximum Gasteiger partial charge on any atom is 0.224 e. The standard InChI is InChI=1S/C19H40Cl2N3O4/c1-7-24(5,6)11-13-27-15-17-28-16-14-26-12-8-18(25)22(4)10-9-19(2,3)23(20)21/h7-17H2,1-6H3/q+1. The highest BCUT2D eigenvalue weighted by atomic mass is 35.5. The molecule has 0 fully saturated rings. The second-order valence-corrected chi connectivity index (χ2v) is 9.02. The van der Waals surface area contributed by atoms with Crippen molar-refractivity contribution in [2.45, 2.75) is 39.2 Å². The lowest BCUT2D eigenvalue weighted by Gasteiger charge is -2.29. The monoisotopic (exact) mass is 444 g/mol. The highest BCUT2D eigenvalue weighted by Crippen LogP contribution is 2.23. The number of hydrogen-bond acceptors (Lipinski definition) is 5. The first-order chi connectivity index (χ1) is 13.0. The van der Waals surface area contributed by atoms with Crippen LogP contribution in [0.5, 0.6) is 0 Å². The quantitative estimate of drug-likeness (QED) is 0.196. The summed E-state index contributed by atoms with van der Waals surface area (Å²) in [7, 11) is 6.15. The maximum atomic E-state index is 12.1. The number of halogens is 2. The number of quaternary nitrogens is 1. The normalized spacial score (nSPS) is 12.6. The molecule has 1 amide bonds. The van der Waals surface area contributed by atoms with Crippen molar-refractivity contribution in [1.29, 1.82) is 0 Å². The van der Waals surface area contributed by atoms with E-state index >= 15 is 0 Å². The van der Waals surface area contributed by atoms with E-state index in [1.807, 2.05) is 13.8 Å². The van der Waals surface area contributed by atoms with Crippen LogP contribution in [0.4, 0.5) is 0 Å². The Morgan fingerprint density at radius 2 is 1.46 bits per heavy atom. The number of hydrogen-bond donors (Lipinski definition) is 0. The summed E-state index contributed by atoms with van der Waals surface area (Å²) in [6, 6.07) is 0. The van der Waals surface area contributed by atoms with Crippen LogP contribution in [0, 0.1) is 0 Å². The first-order valence-electron chi connectivity index (χ1n) is 9.93. The van der Waals surface area contributed by atoms with Crippen LogP contribution in [-0.4, -0.2) is 105 Å². The number of rotatable bonds is 17. The van der Waals surface area contributed by atoms with E-state index in [0.29, 0.717) is 52.4 Å². The van der Waals surface area contributed by atoms with Gasteiger partial charge >= 0.3 is 0 Å². The van der Waals surface area contributed by atoms with Crippen LogP contribution in [0.15, 0.2) is 0 Å². The summed E-state index contributed by atoms with van der Waals surface area (Å²) in [5.41, 5.74) is -0.388. The molecule has 9 heteroatoms. The summed E-state index contributed by atoms with van der Waals surface area (Å²) in [5.74, 6) is 0.0363. The number of carbonyl (C=O) groups is 1. The molecular formula is C19H40Cl2N3O4+. The average molecular weight is 445 g/mol. The van der Waals surface area contributed by atoms with Gasteiger partial charge in [0.1, 0.15) is 6.54 Å². The van der Waals surface area contributed by atoms with Crippen LogP contribution in [0.1, 0.15) is 33.6 Å². The highest BCUT2D eigenvalue weighted by Gasteiger charge is 2.25. The lowest BCUT2D eigenvalue weighted by atomic mass is 10.0. The van der Waals surface area contributed by atoms with Crippen LogP contribution >= 0.6 is 23.6 Å². The molecule has 0 saturated carbocycles. The minimum absolute atomic E-state index is 0.0363. The molecule has 0 rings (SSSR count). The van der Waals surface area contributed by atoms with E-state index in [9.17, 15) is 4.79 Å². The molecule has 0 radical (unpaired) electrons. The van der Waals surface area contributed by atoms with Crippen molar-refractivity contribution < 1.29 is 23.5 Å². The molecule has 168 valence electrons. The van der Waals surface area contributed by atoms with Gasteiger partial charge in [-0.2, -0.15) is 0 Å². The fraction of sp³-hybridized carbons (Fsp3) is 0.947. The molecule has 0 heterocycles. The van der Waals surface area contributed by atoms with Crippen LogP contribution in [0.25, 0.3) is 0 Å². The lowest BCUT2D eigenvalue weighted by molar-refractivity contribution is -0.888. The second-order valence-electron chi connectivity index (χ2n) is 8.17. The number of amides is 1. The molecule has 0 aliphatic carbocycles. The van der Waals surface area contributed by atoms with Crippen molar-refractivity contribution in [1.82, 2.24) is 8.84 Å². The van der Waals surface area contributed by atoms with Gasteiger partial charge in [0.2, 0.25) is 5.91 Å². The van der Waals surface area contributed by atoms with Crippen LogP contribution in [0.2, 0.25) is 0 Å².